The van der Waals surface area contributed by atoms with E-state index < -0.39 is 26.5 Å². The Hall–Kier alpha value is -0.820. The predicted molar refractivity (Wildman–Crippen MR) is 80.5 cm³/mol. The minimum atomic E-state index is -3.18. The van der Waals surface area contributed by atoms with E-state index in [0.29, 0.717) is 25.9 Å². The van der Waals surface area contributed by atoms with E-state index in [1.54, 1.807) is 4.31 Å². The Balaban J connectivity index is 1.83. The number of hydrogen-bond acceptors (Lipinski definition) is 4. The third-order valence-corrected chi connectivity index (χ3v) is 6.79. The van der Waals surface area contributed by atoms with Crippen LogP contribution in [0.25, 0.3) is 0 Å². The van der Waals surface area contributed by atoms with Gasteiger partial charge in [-0.2, -0.15) is 0 Å². The normalized spacial score (nSPS) is 23.6. The number of alkyl carbamates (subject to hydrolysis) is 1. The van der Waals surface area contributed by atoms with Gasteiger partial charge in [0.25, 0.3) is 0 Å². The molecule has 0 aromatic carbocycles. The van der Waals surface area contributed by atoms with Crippen molar-refractivity contribution in [3.05, 3.63) is 0 Å². The molecular formula is C14H26N2O4S. The Morgan fingerprint density at radius 1 is 1.24 bits per heavy atom. The summed E-state index contributed by atoms with van der Waals surface area (Å²) in [6.07, 6.45) is 2.35. The van der Waals surface area contributed by atoms with Gasteiger partial charge in [-0.1, -0.05) is 0 Å². The van der Waals surface area contributed by atoms with Crippen LogP contribution in [0.4, 0.5) is 4.79 Å². The highest BCUT2D eigenvalue weighted by Crippen LogP contribution is 2.45. The molecular weight excluding hydrogens is 292 g/mol. The molecule has 0 atom stereocenters. The molecule has 0 aromatic heterocycles. The van der Waals surface area contributed by atoms with Crippen LogP contribution in [0.1, 0.15) is 53.4 Å². The van der Waals surface area contributed by atoms with Crippen LogP contribution in [0, 0.1) is 0 Å². The highest BCUT2D eigenvalue weighted by Gasteiger charge is 2.53. The van der Waals surface area contributed by atoms with Crippen LogP contribution >= 0.6 is 0 Å². The van der Waals surface area contributed by atoms with Gasteiger partial charge in [-0.3, -0.25) is 0 Å². The van der Waals surface area contributed by atoms with Crippen LogP contribution in [-0.2, 0) is 14.8 Å². The minimum absolute atomic E-state index is 0.0155. The average molecular weight is 318 g/mol. The van der Waals surface area contributed by atoms with E-state index in [9.17, 15) is 13.2 Å². The molecule has 1 heterocycles. The van der Waals surface area contributed by atoms with Gasteiger partial charge in [0.05, 0.1) is 4.75 Å². The summed E-state index contributed by atoms with van der Waals surface area (Å²) in [4.78, 5) is 11.7. The average Bonchev–Trinajstić information content (AvgIpc) is 3.07. The molecule has 1 saturated heterocycles. The van der Waals surface area contributed by atoms with Gasteiger partial charge in [-0.25, -0.2) is 17.5 Å². The number of rotatable bonds is 3. The molecule has 1 saturated carbocycles. The number of amides is 1. The molecule has 6 nitrogen and oxygen atoms in total. The summed E-state index contributed by atoms with van der Waals surface area (Å²) in [7, 11) is -3.18. The van der Waals surface area contributed by atoms with Gasteiger partial charge in [0.1, 0.15) is 5.60 Å². The van der Waals surface area contributed by atoms with Gasteiger partial charge in [0, 0.05) is 19.1 Å². The first-order valence-corrected chi connectivity index (χ1v) is 8.97. The molecule has 1 amide bonds. The molecule has 2 aliphatic rings. The second-order valence-corrected chi connectivity index (χ2v) is 9.73. The number of carbonyl (C=O) groups excluding carboxylic acids is 1. The number of hydrogen-bond donors (Lipinski definition) is 1. The van der Waals surface area contributed by atoms with Crippen LogP contribution in [0.15, 0.2) is 0 Å². The standard InChI is InChI=1S/C14H26N2O4S/c1-13(2,3)20-12(17)15-11-5-9-16(10-6-11)21(18,19)14(4)7-8-14/h11H,5-10H2,1-4H3,(H,15,17). The Kier molecular flexibility index (Phi) is 4.28. The molecule has 21 heavy (non-hydrogen) atoms. The number of nitrogens with zero attached hydrogens (tertiary/aromatic N) is 1. The van der Waals surface area contributed by atoms with Crippen LogP contribution in [0.5, 0.6) is 0 Å². The van der Waals surface area contributed by atoms with E-state index in [1.807, 2.05) is 27.7 Å². The second-order valence-electron chi connectivity index (χ2n) is 7.27. The first kappa shape index (κ1) is 16.5. The molecule has 2 fully saturated rings. The zero-order valence-corrected chi connectivity index (χ0v) is 14.1. The Morgan fingerprint density at radius 3 is 2.19 bits per heavy atom. The van der Waals surface area contributed by atoms with E-state index in [-0.39, 0.29) is 6.04 Å². The van der Waals surface area contributed by atoms with Crippen LogP contribution in [-0.4, -0.2) is 48.3 Å². The van der Waals surface area contributed by atoms with E-state index in [1.165, 1.54) is 0 Å². The third-order valence-electron chi connectivity index (χ3n) is 4.09. The Bertz CT molecular complexity index is 498. The van der Waals surface area contributed by atoms with Crippen molar-refractivity contribution in [2.45, 2.75) is 69.8 Å². The quantitative estimate of drug-likeness (QED) is 0.862. The fraction of sp³-hybridized carbons (Fsp3) is 0.929. The van der Waals surface area contributed by atoms with Crippen molar-refractivity contribution in [2.24, 2.45) is 0 Å². The summed E-state index contributed by atoms with van der Waals surface area (Å²) in [5.41, 5.74) is -0.519. The van der Waals surface area contributed by atoms with Gasteiger partial charge in [0.15, 0.2) is 0 Å². The third kappa shape index (κ3) is 3.88. The zero-order valence-electron chi connectivity index (χ0n) is 13.3. The smallest absolute Gasteiger partial charge is 0.407 e. The number of sulfonamides is 1. The number of carbonyl (C=O) groups is 1. The van der Waals surface area contributed by atoms with Gasteiger partial charge in [0.2, 0.25) is 10.0 Å². The van der Waals surface area contributed by atoms with Crippen molar-refractivity contribution in [3.63, 3.8) is 0 Å². The van der Waals surface area contributed by atoms with Crippen molar-refractivity contribution >= 4 is 16.1 Å². The van der Waals surface area contributed by atoms with E-state index in [4.69, 9.17) is 4.74 Å². The van der Waals surface area contributed by atoms with Gasteiger partial charge in [-0.15, -0.1) is 0 Å². The summed E-state index contributed by atoms with van der Waals surface area (Å²) in [5.74, 6) is 0. The van der Waals surface area contributed by atoms with Gasteiger partial charge in [-0.05, 0) is 53.4 Å². The lowest BCUT2D eigenvalue weighted by atomic mass is 10.1. The lowest BCUT2D eigenvalue weighted by Gasteiger charge is -2.33. The number of nitrogens with one attached hydrogen (secondary N) is 1. The monoisotopic (exact) mass is 318 g/mol. The fourth-order valence-electron chi connectivity index (χ4n) is 2.46. The van der Waals surface area contributed by atoms with Crippen LogP contribution < -0.4 is 5.32 Å². The van der Waals surface area contributed by atoms with Crippen molar-refractivity contribution in [1.82, 2.24) is 9.62 Å². The molecule has 0 unspecified atom stereocenters. The van der Waals surface area contributed by atoms with Crippen molar-refractivity contribution in [2.75, 3.05) is 13.1 Å². The Labute approximate surface area is 127 Å². The second kappa shape index (κ2) is 5.43. The molecule has 2 rings (SSSR count). The SMILES string of the molecule is CC(C)(C)OC(=O)NC1CCN(S(=O)(=O)C2(C)CC2)CC1. The summed E-state index contributed by atoms with van der Waals surface area (Å²) < 4.78 is 31.1. The predicted octanol–water partition coefficient (Wildman–Crippen LogP) is 1.86. The van der Waals surface area contributed by atoms with E-state index in [2.05, 4.69) is 5.32 Å². The first-order valence-electron chi connectivity index (χ1n) is 7.53. The zero-order chi connectivity index (χ0) is 15.9. The fourth-order valence-corrected chi connectivity index (χ4v) is 4.39. The minimum Gasteiger partial charge on any atom is -0.444 e. The lowest BCUT2D eigenvalue weighted by molar-refractivity contribution is 0.0489. The van der Waals surface area contributed by atoms with Crippen LogP contribution in [0.3, 0.4) is 0 Å². The molecule has 1 aliphatic carbocycles. The van der Waals surface area contributed by atoms with Crippen molar-refractivity contribution < 1.29 is 17.9 Å². The number of piperidine rings is 1. The maximum atomic E-state index is 12.4. The summed E-state index contributed by atoms with van der Waals surface area (Å²) in [5, 5.41) is 2.82. The summed E-state index contributed by atoms with van der Waals surface area (Å²) >= 11 is 0. The maximum Gasteiger partial charge on any atom is 0.407 e. The molecule has 7 heteroatoms. The first-order chi connectivity index (χ1) is 9.53. The molecule has 0 aromatic rings. The molecule has 0 bridgehead atoms. The van der Waals surface area contributed by atoms with Crippen molar-refractivity contribution in [3.8, 4) is 0 Å². The summed E-state index contributed by atoms with van der Waals surface area (Å²) in [6, 6.07) is -0.0155. The van der Waals surface area contributed by atoms with E-state index >= 15 is 0 Å². The lowest BCUT2D eigenvalue weighted by Crippen LogP contribution is -2.49. The topological polar surface area (TPSA) is 75.7 Å². The molecule has 0 spiro atoms. The largest absolute Gasteiger partial charge is 0.444 e. The van der Waals surface area contributed by atoms with Crippen LogP contribution in [0.2, 0.25) is 0 Å². The Morgan fingerprint density at radius 2 is 1.76 bits per heavy atom. The highest BCUT2D eigenvalue weighted by atomic mass is 32.2. The van der Waals surface area contributed by atoms with Gasteiger partial charge >= 0.3 is 6.09 Å². The molecule has 1 N–H and O–H groups in total. The molecule has 122 valence electrons. The van der Waals surface area contributed by atoms with Gasteiger partial charge < -0.3 is 10.1 Å². The molecule has 0 radical (unpaired) electrons. The highest BCUT2D eigenvalue weighted by molar-refractivity contribution is 7.90. The number of ether oxygens (including phenoxy) is 1. The van der Waals surface area contributed by atoms with Crippen molar-refractivity contribution in [1.29, 1.82) is 0 Å². The van der Waals surface area contributed by atoms with E-state index in [0.717, 1.165) is 12.8 Å². The molecule has 1 aliphatic heterocycles. The summed E-state index contributed by atoms with van der Waals surface area (Å²) in [6.45, 7) is 8.21. The maximum absolute atomic E-state index is 12.4.